The Morgan fingerprint density at radius 2 is 2.43 bits per heavy atom. The second kappa shape index (κ2) is 6.84. The zero-order valence-electron chi connectivity index (χ0n) is 14.1. The molecular formula is C16H25N3O3S. The number of carbonyl (C=O) groups excluding carboxylic acids is 1. The minimum atomic E-state index is 0.00648. The number of thiazole rings is 1. The quantitative estimate of drug-likeness (QED) is 0.774. The maximum absolute atomic E-state index is 11.7. The lowest BCUT2D eigenvalue weighted by Crippen LogP contribution is -2.37. The minimum Gasteiger partial charge on any atom is -0.380 e. The summed E-state index contributed by atoms with van der Waals surface area (Å²) >= 11 is 1.72. The number of amides is 1. The fraction of sp³-hybridized carbons (Fsp3) is 0.750. The van der Waals surface area contributed by atoms with Gasteiger partial charge in [0.25, 0.3) is 0 Å². The Kier molecular flexibility index (Phi) is 5.01. The van der Waals surface area contributed by atoms with E-state index in [1.807, 2.05) is 5.51 Å². The first-order chi connectivity index (χ1) is 11.0. The summed E-state index contributed by atoms with van der Waals surface area (Å²) in [5.41, 5.74) is 3.08. The Hall–Kier alpha value is -1.02. The summed E-state index contributed by atoms with van der Waals surface area (Å²) in [4.78, 5) is 21.4. The van der Waals surface area contributed by atoms with E-state index >= 15 is 0 Å². The first-order valence-electron chi connectivity index (χ1n) is 7.97. The second-order valence-corrected chi connectivity index (χ2v) is 7.83. The van der Waals surface area contributed by atoms with Crippen molar-refractivity contribution < 1.29 is 14.3 Å². The number of fused-ring (bicyclic) bond motifs is 1. The van der Waals surface area contributed by atoms with Crippen molar-refractivity contribution in [2.75, 3.05) is 53.6 Å². The molecule has 0 bridgehead atoms. The Morgan fingerprint density at radius 1 is 1.61 bits per heavy atom. The van der Waals surface area contributed by atoms with E-state index in [1.54, 1.807) is 30.3 Å². The standard InChI is InChI=1S/C16H25N3O3S/c1-12-14(23-11-17-12)5-19-4-13-6-21-9-16(13,8-19)10-22-7-15(20)18(2)3/h11,13H,4-10H2,1-3H3/t13-,16+/m1/s1. The average molecular weight is 339 g/mol. The fourth-order valence-electron chi connectivity index (χ4n) is 3.42. The summed E-state index contributed by atoms with van der Waals surface area (Å²) in [6.07, 6.45) is 0. The molecule has 2 fully saturated rings. The van der Waals surface area contributed by atoms with E-state index in [2.05, 4.69) is 16.8 Å². The van der Waals surface area contributed by atoms with Gasteiger partial charge in [0.1, 0.15) is 6.61 Å². The summed E-state index contributed by atoms with van der Waals surface area (Å²) in [6.45, 7) is 7.27. The van der Waals surface area contributed by atoms with Crippen molar-refractivity contribution in [1.82, 2.24) is 14.8 Å². The van der Waals surface area contributed by atoms with Crippen molar-refractivity contribution in [2.24, 2.45) is 11.3 Å². The van der Waals surface area contributed by atoms with Gasteiger partial charge in [0.05, 0.1) is 31.0 Å². The summed E-state index contributed by atoms with van der Waals surface area (Å²) in [6, 6.07) is 0. The molecule has 0 unspecified atom stereocenters. The van der Waals surface area contributed by atoms with Crippen LogP contribution < -0.4 is 0 Å². The minimum absolute atomic E-state index is 0.00648. The van der Waals surface area contributed by atoms with E-state index < -0.39 is 0 Å². The lowest BCUT2D eigenvalue weighted by molar-refractivity contribution is -0.135. The first kappa shape index (κ1) is 16.8. The van der Waals surface area contributed by atoms with Gasteiger partial charge in [-0.05, 0) is 6.92 Å². The van der Waals surface area contributed by atoms with E-state index in [1.165, 1.54) is 4.88 Å². The van der Waals surface area contributed by atoms with Gasteiger partial charge in [-0.2, -0.15) is 0 Å². The van der Waals surface area contributed by atoms with Crippen LogP contribution in [0.5, 0.6) is 0 Å². The SMILES string of the molecule is Cc1ncsc1CN1C[C@@H]2COC[C@]2(COCC(=O)N(C)C)C1. The molecule has 0 N–H and O–H groups in total. The molecule has 2 aliphatic rings. The molecule has 1 amide bonds. The van der Waals surface area contributed by atoms with Crippen LogP contribution in [-0.4, -0.2) is 74.3 Å². The van der Waals surface area contributed by atoms with Crippen LogP contribution in [0.25, 0.3) is 0 Å². The Morgan fingerprint density at radius 3 is 3.13 bits per heavy atom. The highest BCUT2D eigenvalue weighted by molar-refractivity contribution is 7.09. The number of likely N-dealkylation sites (N-methyl/N-ethyl adjacent to an activating group) is 1. The molecule has 2 aliphatic heterocycles. The van der Waals surface area contributed by atoms with Gasteiger partial charge >= 0.3 is 0 Å². The van der Waals surface area contributed by atoms with E-state index in [-0.39, 0.29) is 17.9 Å². The number of aromatic nitrogens is 1. The molecule has 2 atom stereocenters. The van der Waals surface area contributed by atoms with Crippen LogP contribution in [0.3, 0.4) is 0 Å². The van der Waals surface area contributed by atoms with E-state index in [9.17, 15) is 4.79 Å². The number of nitrogens with zero attached hydrogens (tertiary/aromatic N) is 3. The Balaban J connectivity index is 1.57. The predicted octanol–water partition coefficient (Wildman–Crippen LogP) is 1.00. The van der Waals surface area contributed by atoms with Crippen LogP contribution in [0.4, 0.5) is 0 Å². The highest BCUT2D eigenvalue weighted by Crippen LogP contribution is 2.42. The van der Waals surface area contributed by atoms with Crippen molar-refractivity contribution >= 4 is 17.2 Å². The van der Waals surface area contributed by atoms with Crippen LogP contribution in [0.15, 0.2) is 5.51 Å². The molecule has 0 aliphatic carbocycles. The van der Waals surface area contributed by atoms with Crippen molar-refractivity contribution in [2.45, 2.75) is 13.5 Å². The summed E-state index contributed by atoms with van der Waals surface area (Å²) < 4.78 is 11.5. The molecule has 2 saturated heterocycles. The van der Waals surface area contributed by atoms with Crippen molar-refractivity contribution in [3.63, 3.8) is 0 Å². The van der Waals surface area contributed by atoms with Gasteiger partial charge in [-0.15, -0.1) is 11.3 Å². The van der Waals surface area contributed by atoms with Gasteiger partial charge in [0.15, 0.2) is 0 Å². The molecule has 7 heteroatoms. The second-order valence-electron chi connectivity index (χ2n) is 6.89. The normalized spacial score (nSPS) is 27.3. The third-order valence-corrected chi connectivity index (χ3v) is 5.84. The number of aryl methyl sites for hydroxylation is 1. The van der Waals surface area contributed by atoms with Crippen molar-refractivity contribution in [1.29, 1.82) is 0 Å². The van der Waals surface area contributed by atoms with Gasteiger partial charge in [-0.1, -0.05) is 0 Å². The third-order valence-electron chi connectivity index (χ3n) is 4.92. The molecule has 3 heterocycles. The van der Waals surface area contributed by atoms with Crippen molar-refractivity contribution in [3.8, 4) is 0 Å². The van der Waals surface area contributed by atoms with Gasteiger partial charge < -0.3 is 14.4 Å². The summed E-state index contributed by atoms with van der Waals surface area (Å²) in [5, 5.41) is 0. The maximum Gasteiger partial charge on any atom is 0.248 e. The van der Waals surface area contributed by atoms with Gasteiger partial charge in [-0.25, -0.2) is 4.98 Å². The van der Waals surface area contributed by atoms with E-state index in [0.717, 1.165) is 38.5 Å². The molecule has 128 valence electrons. The molecular weight excluding hydrogens is 314 g/mol. The van der Waals surface area contributed by atoms with Crippen LogP contribution in [0, 0.1) is 18.3 Å². The number of likely N-dealkylation sites (tertiary alicyclic amines) is 1. The summed E-state index contributed by atoms with van der Waals surface area (Å²) in [7, 11) is 3.50. The highest BCUT2D eigenvalue weighted by Gasteiger charge is 2.50. The summed E-state index contributed by atoms with van der Waals surface area (Å²) in [5.74, 6) is 0.497. The smallest absolute Gasteiger partial charge is 0.248 e. The van der Waals surface area contributed by atoms with Gasteiger partial charge in [-0.3, -0.25) is 9.69 Å². The lowest BCUT2D eigenvalue weighted by atomic mass is 9.82. The molecule has 0 saturated carbocycles. The topological polar surface area (TPSA) is 54.9 Å². The molecule has 1 aromatic heterocycles. The molecule has 3 rings (SSSR count). The molecule has 23 heavy (non-hydrogen) atoms. The molecule has 6 nitrogen and oxygen atoms in total. The van der Waals surface area contributed by atoms with Crippen LogP contribution >= 0.6 is 11.3 Å². The van der Waals surface area contributed by atoms with Crippen LogP contribution in [0.2, 0.25) is 0 Å². The molecule has 0 radical (unpaired) electrons. The Labute approximate surface area is 141 Å². The number of rotatable bonds is 6. The number of carbonyl (C=O) groups is 1. The van der Waals surface area contributed by atoms with E-state index in [4.69, 9.17) is 9.47 Å². The average Bonchev–Trinajstić information content (AvgIpc) is 3.14. The monoisotopic (exact) mass is 339 g/mol. The zero-order valence-corrected chi connectivity index (χ0v) is 14.9. The predicted molar refractivity (Wildman–Crippen MR) is 88.4 cm³/mol. The van der Waals surface area contributed by atoms with Crippen LogP contribution in [-0.2, 0) is 20.8 Å². The lowest BCUT2D eigenvalue weighted by Gasteiger charge is -2.27. The Bertz CT molecular complexity index is 563. The largest absolute Gasteiger partial charge is 0.380 e. The third kappa shape index (κ3) is 3.57. The van der Waals surface area contributed by atoms with Gasteiger partial charge in [0.2, 0.25) is 5.91 Å². The fourth-order valence-corrected chi connectivity index (χ4v) is 4.24. The first-order valence-corrected chi connectivity index (χ1v) is 8.85. The zero-order chi connectivity index (χ0) is 16.4. The van der Waals surface area contributed by atoms with Crippen molar-refractivity contribution in [3.05, 3.63) is 16.1 Å². The number of hydrogen-bond donors (Lipinski definition) is 0. The van der Waals surface area contributed by atoms with Gasteiger partial charge in [0, 0.05) is 49.9 Å². The molecule has 1 aromatic rings. The number of hydrogen-bond acceptors (Lipinski definition) is 6. The molecule has 0 aromatic carbocycles. The highest BCUT2D eigenvalue weighted by atomic mass is 32.1. The molecule has 0 spiro atoms. The number of ether oxygens (including phenoxy) is 2. The van der Waals surface area contributed by atoms with E-state index in [0.29, 0.717) is 12.5 Å². The van der Waals surface area contributed by atoms with Crippen LogP contribution in [0.1, 0.15) is 10.6 Å². The maximum atomic E-state index is 11.7.